The first kappa shape index (κ1) is 44.9. The van der Waals surface area contributed by atoms with Crippen LogP contribution in [0.2, 0.25) is 0 Å². The van der Waals surface area contributed by atoms with E-state index in [1.165, 1.54) is 193 Å². The minimum absolute atomic E-state index is 0.0521. The van der Waals surface area contributed by atoms with Crippen LogP contribution in [0.25, 0.3) is 0 Å². The van der Waals surface area contributed by atoms with Crippen LogP contribution >= 0.6 is 8.25 Å². The van der Waals surface area contributed by atoms with Gasteiger partial charge in [-0.1, -0.05) is 206 Å². The molecule has 6 heteroatoms. The first-order valence-electron chi connectivity index (χ1n) is 20.2. The van der Waals surface area contributed by atoms with E-state index in [-0.39, 0.29) is 12.7 Å². The summed E-state index contributed by atoms with van der Waals surface area (Å²) in [6.45, 7) is 6.38. The second kappa shape index (κ2) is 40.1. The summed E-state index contributed by atoms with van der Waals surface area (Å²) < 4.78 is 27.5. The van der Waals surface area contributed by atoms with Gasteiger partial charge in [0.2, 0.25) is 0 Å². The van der Waals surface area contributed by atoms with Crippen LogP contribution in [0.1, 0.15) is 219 Å². The Hall–Kier alpha value is -0.0600. The van der Waals surface area contributed by atoms with Crippen molar-refractivity contribution in [2.24, 2.45) is 0 Å². The summed E-state index contributed by atoms with van der Waals surface area (Å²) in [6.07, 6.45) is 43.0. The lowest BCUT2D eigenvalue weighted by Gasteiger charge is -2.16. The van der Waals surface area contributed by atoms with Crippen molar-refractivity contribution >= 4 is 8.25 Å². The highest BCUT2D eigenvalue weighted by atomic mass is 31.1. The summed E-state index contributed by atoms with van der Waals surface area (Å²) in [6, 6.07) is 0. The fourth-order valence-electron chi connectivity index (χ4n) is 6.16. The van der Waals surface area contributed by atoms with Crippen LogP contribution in [0.3, 0.4) is 0 Å². The van der Waals surface area contributed by atoms with Crippen molar-refractivity contribution in [3.05, 3.63) is 0 Å². The Labute approximate surface area is 283 Å². The summed E-state index contributed by atoms with van der Waals surface area (Å²) >= 11 is 0. The third-order valence-corrected chi connectivity index (χ3v) is 9.52. The van der Waals surface area contributed by atoms with Crippen molar-refractivity contribution in [3.63, 3.8) is 0 Å². The van der Waals surface area contributed by atoms with E-state index < -0.39 is 8.25 Å². The quantitative estimate of drug-likeness (QED) is 0.0484. The second-order valence-corrected chi connectivity index (χ2v) is 14.4. The van der Waals surface area contributed by atoms with Gasteiger partial charge in [-0.25, -0.2) is 0 Å². The predicted molar refractivity (Wildman–Crippen MR) is 193 cm³/mol. The van der Waals surface area contributed by atoms with Crippen molar-refractivity contribution in [3.8, 4) is 0 Å². The Morgan fingerprint density at radius 1 is 0.422 bits per heavy atom. The lowest BCUT2D eigenvalue weighted by molar-refractivity contribution is -0.188. The highest BCUT2D eigenvalue weighted by molar-refractivity contribution is 7.30. The smallest absolute Gasteiger partial charge is 0.488 e. The van der Waals surface area contributed by atoms with Gasteiger partial charge < -0.3 is 14.4 Å². The lowest BCUT2D eigenvalue weighted by atomic mass is 10.0. The zero-order valence-corrected chi connectivity index (χ0v) is 31.4. The molecule has 0 saturated carbocycles. The number of hydrogen-bond acceptors (Lipinski definition) is 5. The molecule has 2 atom stereocenters. The van der Waals surface area contributed by atoms with E-state index in [9.17, 15) is 9.46 Å². The van der Waals surface area contributed by atoms with Crippen LogP contribution in [-0.2, 0) is 18.6 Å². The van der Waals surface area contributed by atoms with Gasteiger partial charge in [0, 0.05) is 13.2 Å². The van der Waals surface area contributed by atoms with E-state index in [1.807, 2.05) is 0 Å². The summed E-state index contributed by atoms with van der Waals surface area (Å²) in [7, 11) is -2.85. The molecular weight excluding hydrogens is 579 g/mol. The van der Waals surface area contributed by atoms with Crippen LogP contribution in [-0.4, -0.2) is 32.5 Å². The van der Waals surface area contributed by atoms with E-state index in [1.54, 1.807) is 0 Å². The third-order valence-electron chi connectivity index (χ3n) is 9.16. The monoisotopic (exact) mass is 659 g/mol. The standard InChI is InChI=1S/C39H79O5P/c1-3-5-7-9-11-13-15-17-19-21-23-25-27-29-31-33-35-42-37-39(38-44-45(40)41)43-36-34-32-30-28-26-24-22-20-18-16-14-12-10-8-6-4-2/h39H,3-38H2,1-2H3/t39-/m1/s1. The van der Waals surface area contributed by atoms with Gasteiger partial charge in [0.25, 0.3) is 0 Å². The summed E-state index contributed by atoms with van der Waals surface area (Å²) in [5, 5.41) is 0. The molecule has 0 amide bonds. The predicted octanol–water partition coefficient (Wildman–Crippen LogP) is 12.9. The van der Waals surface area contributed by atoms with E-state index in [0.717, 1.165) is 12.8 Å². The van der Waals surface area contributed by atoms with Gasteiger partial charge in [0.1, 0.15) is 12.7 Å². The van der Waals surface area contributed by atoms with Gasteiger partial charge in [-0.15, -0.1) is 4.52 Å². The maximum Gasteiger partial charge on any atom is 0.488 e. The van der Waals surface area contributed by atoms with Gasteiger partial charge in [-0.05, 0) is 17.4 Å². The highest BCUT2D eigenvalue weighted by Gasteiger charge is 2.14. The summed E-state index contributed by atoms with van der Waals surface area (Å²) in [4.78, 5) is 10.9. The maximum absolute atomic E-state index is 10.9. The molecule has 270 valence electrons. The Morgan fingerprint density at radius 3 is 1.02 bits per heavy atom. The molecule has 0 bridgehead atoms. The fourth-order valence-corrected chi connectivity index (χ4v) is 6.44. The number of unbranched alkanes of at least 4 members (excludes halogenated alkanes) is 30. The van der Waals surface area contributed by atoms with Crippen molar-refractivity contribution in [1.29, 1.82) is 0 Å². The molecule has 0 aromatic carbocycles. The zero-order chi connectivity index (χ0) is 32.7. The highest BCUT2D eigenvalue weighted by Crippen LogP contribution is 2.16. The fraction of sp³-hybridized carbons (Fsp3) is 1.00. The van der Waals surface area contributed by atoms with E-state index in [2.05, 4.69) is 13.8 Å². The van der Waals surface area contributed by atoms with Crippen LogP contribution in [0.15, 0.2) is 0 Å². The normalized spacial score (nSPS) is 12.6. The van der Waals surface area contributed by atoms with Crippen LogP contribution in [0, 0.1) is 0 Å². The van der Waals surface area contributed by atoms with Crippen LogP contribution in [0.4, 0.5) is 0 Å². The maximum atomic E-state index is 10.9. The van der Waals surface area contributed by atoms with E-state index >= 15 is 0 Å². The molecule has 0 aliphatic heterocycles. The van der Waals surface area contributed by atoms with Crippen molar-refractivity contribution in [2.75, 3.05) is 26.4 Å². The van der Waals surface area contributed by atoms with E-state index in [4.69, 9.17) is 14.0 Å². The van der Waals surface area contributed by atoms with Crippen molar-refractivity contribution < 1.29 is 23.5 Å². The molecule has 0 radical (unpaired) electrons. The van der Waals surface area contributed by atoms with E-state index in [0.29, 0.717) is 19.8 Å². The molecule has 1 unspecified atom stereocenters. The van der Waals surface area contributed by atoms with Crippen molar-refractivity contribution in [1.82, 2.24) is 0 Å². The van der Waals surface area contributed by atoms with Gasteiger partial charge in [-0.3, -0.25) is 0 Å². The Morgan fingerprint density at radius 2 is 0.711 bits per heavy atom. The average molecular weight is 659 g/mol. The Kier molecular flexibility index (Phi) is 40.1. The molecule has 45 heavy (non-hydrogen) atoms. The molecule has 0 fully saturated rings. The first-order chi connectivity index (χ1) is 22.2. The number of rotatable bonds is 40. The SMILES string of the molecule is CCCCCCCCCCCCCCCCCCOC[C@H](CO[P+](=O)[O-])OCCCCCCCCCCCCCCCCCC. The largest absolute Gasteiger partial charge is 0.566 e. The molecule has 0 spiro atoms. The van der Waals surface area contributed by atoms with Gasteiger partial charge >= 0.3 is 8.25 Å². The number of hydrogen-bond donors (Lipinski definition) is 0. The molecule has 0 rings (SSSR count). The molecule has 0 aliphatic carbocycles. The van der Waals surface area contributed by atoms with Crippen LogP contribution in [0.5, 0.6) is 0 Å². The van der Waals surface area contributed by atoms with Crippen LogP contribution < -0.4 is 4.89 Å². The van der Waals surface area contributed by atoms with Crippen molar-refractivity contribution in [2.45, 2.75) is 225 Å². The lowest BCUT2D eigenvalue weighted by Crippen LogP contribution is -2.26. The minimum atomic E-state index is -2.85. The molecule has 0 aliphatic rings. The van der Waals surface area contributed by atoms with Gasteiger partial charge in [0.15, 0.2) is 0 Å². The average Bonchev–Trinajstić information content (AvgIpc) is 3.04. The summed E-state index contributed by atoms with van der Waals surface area (Å²) in [5.41, 5.74) is 0. The first-order valence-corrected chi connectivity index (χ1v) is 21.3. The molecular formula is C39H79O5P. The molecule has 0 heterocycles. The topological polar surface area (TPSA) is 67.8 Å². The number of ether oxygens (including phenoxy) is 2. The molecule has 0 saturated heterocycles. The molecule has 0 aromatic heterocycles. The minimum Gasteiger partial charge on any atom is -0.566 e. The zero-order valence-electron chi connectivity index (χ0n) is 30.5. The molecule has 0 aromatic rings. The second-order valence-electron chi connectivity index (χ2n) is 13.7. The van der Waals surface area contributed by atoms with Gasteiger partial charge in [0.05, 0.1) is 6.61 Å². The molecule has 5 nitrogen and oxygen atoms in total. The third kappa shape index (κ3) is 40.0. The Bertz CT molecular complexity index is 562. The molecule has 0 N–H and O–H groups in total. The summed E-state index contributed by atoms with van der Waals surface area (Å²) in [5.74, 6) is 0. The Balaban J connectivity index is 3.52. The van der Waals surface area contributed by atoms with Gasteiger partial charge in [-0.2, -0.15) is 0 Å².